The molecule has 1 aromatic carbocycles. The summed E-state index contributed by atoms with van der Waals surface area (Å²) in [7, 11) is 1.39. The highest BCUT2D eigenvalue weighted by molar-refractivity contribution is 5.94. The molecule has 1 aromatic heterocycles. The molecule has 0 aliphatic carbocycles. The molecule has 2 heterocycles. The van der Waals surface area contributed by atoms with Crippen molar-refractivity contribution >= 4 is 5.91 Å². The molecule has 5 nitrogen and oxygen atoms in total. The standard InChI is InChI=1S/C17H17FN2O3/c1-22-15-3-2-13(10-14(15)18)17(21)20-8-9-23-16(11-20)12-4-6-19-7-5-12/h2-7,10,16H,8-9,11H2,1H3/t16-/m0/s1. The number of hydrogen-bond acceptors (Lipinski definition) is 4. The lowest BCUT2D eigenvalue weighted by Crippen LogP contribution is -2.42. The summed E-state index contributed by atoms with van der Waals surface area (Å²) >= 11 is 0. The Bertz CT molecular complexity index is 693. The van der Waals surface area contributed by atoms with Gasteiger partial charge in [0.1, 0.15) is 6.10 Å². The maximum atomic E-state index is 13.8. The monoisotopic (exact) mass is 316 g/mol. The first kappa shape index (κ1) is 15.4. The first-order chi connectivity index (χ1) is 11.2. The molecule has 1 aliphatic heterocycles. The van der Waals surface area contributed by atoms with Gasteiger partial charge in [-0.25, -0.2) is 4.39 Å². The van der Waals surface area contributed by atoms with Crippen LogP contribution in [-0.4, -0.2) is 42.6 Å². The number of aromatic nitrogens is 1. The van der Waals surface area contributed by atoms with E-state index in [1.54, 1.807) is 23.4 Å². The van der Waals surface area contributed by atoms with Crippen LogP contribution in [0.4, 0.5) is 4.39 Å². The number of pyridine rings is 1. The van der Waals surface area contributed by atoms with Gasteiger partial charge in [-0.15, -0.1) is 0 Å². The average Bonchev–Trinajstić information content (AvgIpc) is 2.62. The van der Waals surface area contributed by atoms with E-state index in [4.69, 9.17) is 9.47 Å². The number of rotatable bonds is 3. The van der Waals surface area contributed by atoms with Gasteiger partial charge in [0.2, 0.25) is 0 Å². The number of amides is 1. The largest absolute Gasteiger partial charge is 0.494 e. The van der Waals surface area contributed by atoms with E-state index in [1.165, 1.54) is 19.2 Å². The van der Waals surface area contributed by atoms with Crippen LogP contribution in [0, 0.1) is 5.82 Å². The molecule has 1 atom stereocenters. The minimum Gasteiger partial charge on any atom is -0.494 e. The van der Waals surface area contributed by atoms with Gasteiger partial charge in [0.05, 0.1) is 20.3 Å². The topological polar surface area (TPSA) is 51.7 Å². The summed E-state index contributed by atoms with van der Waals surface area (Å²) in [6.07, 6.45) is 3.19. The quantitative estimate of drug-likeness (QED) is 0.873. The Hall–Kier alpha value is -2.47. The molecule has 1 aliphatic rings. The SMILES string of the molecule is COc1ccc(C(=O)N2CCO[C@H](c3ccncc3)C2)cc1F. The van der Waals surface area contributed by atoms with Crippen molar-refractivity contribution in [2.24, 2.45) is 0 Å². The number of carbonyl (C=O) groups is 1. The molecule has 0 radical (unpaired) electrons. The van der Waals surface area contributed by atoms with Crippen LogP contribution in [-0.2, 0) is 4.74 Å². The van der Waals surface area contributed by atoms with Gasteiger partial charge < -0.3 is 14.4 Å². The van der Waals surface area contributed by atoms with Crippen molar-refractivity contribution in [3.63, 3.8) is 0 Å². The average molecular weight is 316 g/mol. The summed E-state index contributed by atoms with van der Waals surface area (Å²) < 4.78 is 24.4. The lowest BCUT2D eigenvalue weighted by molar-refractivity contribution is -0.0228. The smallest absolute Gasteiger partial charge is 0.254 e. The fourth-order valence-electron chi connectivity index (χ4n) is 2.60. The van der Waals surface area contributed by atoms with Gasteiger partial charge in [-0.05, 0) is 35.9 Å². The molecule has 3 rings (SSSR count). The third-order valence-electron chi connectivity index (χ3n) is 3.83. The van der Waals surface area contributed by atoms with Gasteiger partial charge in [0.15, 0.2) is 11.6 Å². The van der Waals surface area contributed by atoms with E-state index in [1.807, 2.05) is 12.1 Å². The van der Waals surface area contributed by atoms with Gasteiger partial charge >= 0.3 is 0 Å². The fraction of sp³-hybridized carbons (Fsp3) is 0.294. The summed E-state index contributed by atoms with van der Waals surface area (Å²) in [4.78, 5) is 18.2. The summed E-state index contributed by atoms with van der Waals surface area (Å²) in [6, 6.07) is 7.97. The number of halogens is 1. The van der Waals surface area contributed by atoms with E-state index >= 15 is 0 Å². The Morgan fingerprint density at radius 2 is 2.13 bits per heavy atom. The normalized spacial score (nSPS) is 17.8. The van der Waals surface area contributed by atoms with Crippen LogP contribution in [0.15, 0.2) is 42.7 Å². The van der Waals surface area contributed by atoms with Crippen LogP contribution >= 0.6 is 0 Å². The summed E-state index contributed by atoms with van der Waals surface area (Å²) in [5.74, 6) is -0.635. The molecule has 1 fully saturated rings. The zero-order chi connectivity index (χ0) is 16.2. The van der Waals surface area contributed by atoms with E-state index in [0.717, 1.165) is 5.56 Å². The van der Waals surface area contributed by atoms with Crippen LogP contribution in [0.1, 0.15) is 22.0 Å². The highest BCUT2D eigenvalue weighted by Crippen LogP contribution is 2.24. The number of ether oxygens (including phenoxy) is 2. The number of hydrogen-bond donors (Lipinski definition) is 0. The molecule has 1 saturated heterocycles. The Labute approximate surface area is 133 Å². The first-order valence-electron chi connectivity index (χ1n) is 7.33. The van der Waals surface area contributed by atoms with E-state index in [9.17, 15) is 9.18 Å². The summed E-state index contributed by atoms with van der Waals surface area (Å²) in [6.45, 7) is 1.35. The number of morpholine rings is 1. The highest BCUT2D eigenvalue weighted by Gasteiger charge is 2.26. The van der Waals surface area contributed by atoms with E-state index in [2.05, 4.69) is 4.98 Å². The molecule has 0 spiro atoms. The van der Waals surface area contributed by atoms with Crippen LogP contribution in [0.5, 0.6) is 5.75 Å². The zero-order valence-corrected chi connectivity index (χ0v) is 12.7. The van der Waals surface area contributed by atoms with Gasteiger partial charge in [0.25, 0.3) is 5.91 Å². The van der Waals surface area contributed by atoms with Crippen LogP contribution in [0.25, 0.3) is 0 Å². The third-order valence-corrected chi connectivity index (χ3v) is 3.83. The lowest BCUT2D eigenvalue weighted by atomic mass is 10.1. The third kappa shape index (κ3) is 3.32. The molecule has 2 aromatic rings. The Kier molecular flexibility index (Phi) is 4.52. The maximum absolute atomic E-state index is 13.8. The summed E-state index contributed by atoms with van der Waals surface area (Å²) in [5, 5.41) is 0. The molecule has 0 saturated carbocycles. The zero-order valence-electron chi connectivity index (χ0n) is 12.7. The molecule has 0 bridgehead atoms. The van der Waals surface area contributed by atoms with Gasteiger partial charge in [-0.1, -0.05) is 0 Å². The van der Waals surface area contributed by atoms with Gasteiger partial charge in [-0.3, -0.25) is 9.78 Å². The van der Waals surface area contributed by atoms with Crippen molar-refractivity contribution in [2.45, 2.75) is 6.10 Å². The minimum absolute atomic E-state index is 0.123. The van der Waals surface area contributed by atoms with Gasteiger partial charge in [-0.2, -0.15) is 0 Å². The Morgan fingerprint density at radius 1 is 1.35 bits per heavy atom. The van der Waals surface area contributed by atoms with Crippen molar-refractivity contribution in [1.29, 1.82) is 0 Å². The second-order valence-electron chi connectivity index (χ2n) is 5.24. The van der Waals surface area contributed by atoms with E-state index in [-0.39, 0.29) is 17.8 Å². The van der Waals surface area contributed by atoms with Crippen LogP contribution in [0.3, 0.4) is 0 Å². The van der Waals surface area contributed by atoms with Crippen molar-refractivity contribution < 1.29 is 18.7 Å². The van der Waals surface area contributed by atoms with Crippen molar-refractivity contribution in [2.75, 3.05) is 26.8 Å². The maximum Gasteiger partial charge on any atom is 0.254 e. The summed E-state index contributed by atoms with van der Waals surface area (Å²) in [5.41, 5.74) is 1.28. The number of carbonyl (C=O) groups excluding carboxylic acids is 1. The Balaban J connectivity index is 1.76. The second kappa shape index (κ2) is 6.75. The molecule has 0 unspecified atom stereocenters. The van der Waals surface area contributed by atoms with Gasteiger partial charge in [0, 0.05) is 24.5 Å². The number of nitrogens with zero attached hydrogens (tertiary/aromatic N) is 2. The van der Waals surface area contributed by atoms with Crippen molar-refractivity contribution in [1.82, 2.24) is 9.88 Å². The molecular formula is C17H17FN2O3. The van der Waals surface area contributed by atoms with Crippen molar-refractivity contribution in [3.05, 3.63) is 59.7 Å². The van der Waals surface area contributed by atoms with Crippen LogP contribution < -0.4 is 4.74 Å². The van der Waals surface area contributed by atoms with E-state index in [0.29, 0.717) is 25.3 Å². The molecule has 23 heavy (non-hydrogen) atoms. The number of methoxy groups -OCH3 is 1. The molecule has 120 valence electrons. The molecule has 0 N–H and O–H groups in total. The molecular weight excluding hydrogens is 299 g/mol. The predicted molar refractivity (Wildman–Crippen MR) is 81.8 cm³/mol. The number of benzene rings is 1. The highest BCUT2D eigenvalue weighted by atomic mass is 19.1. The first-order valence-corrected chi connectivity index (χ1v) is 7.33. The fourth-order valence-corrected chi connectivity index (χ4v) is 2.60. The van der Waals surface area contributed by atoms with E-state index < -0.39 is 5.82 Å². The predicted octanol–water partition coefficient (Wildman–Crippen LogP) is 2.44. The Morgan fingerprint density at radius 3 is 2.83 bits per heavy atom. The lowest BCUT2D eigenvalue weighted by Gasteiger charge is -2.33. The van der Waals surface area contributed by atoms with Crippen LogP contribution in [0.2, 0.25) is 0 Å². The molecule has 1 amide bonds. The van der Waals surface area contributed by atoms with Crippen molar-refractivity contribution in [3.8, 4) is 5.75 Å². The minimum atomic E-state index is -0.544. The second-order valence-corrected chi connectivity index (χ2v) is 5.24. The molecule has 6 heteroatoms.